The van der Waals surface area contributed by atoms with Gasteiger partial charge in [-0.1, -0.05) is 18.2 Å². The van der Waals surface area contributed by atoms with Crippen molar-refractivity contribution in [2.45, 2.75) is 12.8 Å². The van der Waals surface area contributed by atoms with E-state index >= 15 is 0 Å². The van der Waals surface area contributed by atoms with E-state index in [-0.39, 0.29) is 17.3 Å². The van der Waals surface area contributed by atoms with Gasteiger partial charge < -0.3 is 10.4 Å². The lowest BCUT2D eigenvalue weighted by atomic mass is 10.1. The van der Waals surface area contributed by atoms with Crippen LogP contribution in [-0.4, -0.2) is 11.0 Å². The van der Waals surface area contributed by atoms with Crippen molar-refractivity contribution in [1.82, 2.24) is 0 Å². The van der Waals surface area contributed by atoms with E-state index in [1.165, 1.54) is 0 Å². The van der Waals surface area contributed by atoms with Gasteiger partial charge in [0.1, 0.15) is 11.8 Å². The summed E-state index contributed by atoms with van der Waals surface area (Å²) >= 11 is 0. The molecule has 1 aromatic carbocycles. The Morgan fingerprint density at radius 3 is 2.53 bits per heavy atom. The van der Waals surface area contributed by atoms with Crippen LogP contribution in [0, 0.1) is 17.2 Å². The molecule has 0 aliphatic heterocycles. The van der Waals surface area contributed by atoms with Gasteiger partial charge in [-0.05, 0) is 25.0 Å². The minimum atomic E-state index is -0.553. The number of nitrogens with zero attached hydrogens (tertiary/aromatic N) is 1. The van der Waals surface area contributed by atoms with E-state index in [1.54, 1.807) is 30.3 Å². The molecule has 1 aliphatic carbocycles. The number of nitrogens with one attached hydrogen (secondary N) is 1. The summed E-state index contributed by atoms with van der Waals surface area (Å²) in [6, 6.07) is 10.6. The van der Waals surface area contributed by atoms with Gasteiger partial charge in [0.05, 0.1) is 0 Å². The molecular weight excluding hydrogens is 216 g/mol. The second-order valence-corrected chi connectivity index (χ2v) is 3.97. The Morgan fingerprint density at radius 1 is 1.35 bits per heavy atom. The zero-order valence-electron chi connectivity index (χ0n) is 9.18. The molecule has 1 amide bonds. The molecule has 86 valence electrons. The highest BCUT2D eigenvalue weighted by atomic mass is 16.3. The third-order valence-corrected chi connectivity index (χ3v) is 2.59. The maximum atomic E-state index is 11.8. The van der Waals surface area contributed by atoms with Crippen LogP contribution < -0.4 is 5.32 Å². The lowest BCUT2D eigenvalue weighted by molar-refractivity contribution is -0.112. The molecule has 4 nitrogen and oxygen atoms in total. The Hall–Kier alpha value is -2.28. The minimum Gasteiger partial charge on any atom is -0.510 e. The summed E-state index contributed by atoms with van der Waals surface area (Å²) in [6.45, 7) is 0. The minimum absolute atomic E-state index is 0.00817. The van der Waals surface area contributed by atoms with Crippen LogP contribution in [0.1, 0.15) is 12.8 Å². The van der Waals surface area contributed by atoms with Crippen LogP contribution in [0.3, 0.4) is 0 Å². The molecule has 2 N–H and O–H groups in total. The fourth-order valence-electron chi connectivity index (χ4n) is 1.50. The SMILES string of the molecule is N#C/C(C(=O)Nc1ccccc1)=C(/O)C1CC1. The quantitative estimate of drug-likeness (QED) is 0.474. The predicted molar refractivity (Wildman–Crippen MR) is 63.1 cm³/mol. The third-order valence-electron chi connectivity index (χ3n) is 2.59. The summed E-state index contributed by atoms with van der Waals surface area (Å²) in [4.78, 5) is 11.8. The van der Waals surface area contributed by atoms with Crippen LogP contribution in [0.25, 0.3) is 0 Å². The molecule has 17 heavy (non-hydrogen) atoms. The van der Waals surface area contributed by atoms with Crippen molar-refractivity contribution in [3.05, 3.63) is 41.7 Å². The van der Waals surface area contributed by atoms with E-state index in [0.717, 1.165) is 12.8 Å². The fourth-order valence-corrected chi connectivity index (χ4v) is 1.50. The Bertz CT molecular complexity index is 496. The molecule has 4 heteroatoms. The van der Waals surface area contributed by atoms with Gasteiger partial charge in [0, 0.05) is 11.6 Å². The molecule has 0 unspecified atom stereocenters. The third kappa shape index (κ3) is 2.64. The molecule has 0 saturated heterocycles. The lowest BCUT2D eigenvalue weighted by Gasteiger charge is -2.05. The predicted octanol–water partition coefficient (Wildman–Crippen LogP) is 2.37. The summed E-state index contributed by atoms with van der Waals surface area (Å²) in [5, 5.41) is 21.2. The van der Waals surface area contributed by atoms with Crippen LogP contribution in [-0.2, 0) is 4.79 Å². The van der Waals surface area contributed by atoms with E-state index in [0.29, 0.717) is 5.69 Å². The first-order valence-corrected chi connectivity index (χ1v) is 5.42. The summed E-state index contributed by atoms with van der Waals surface area (Å²) in [7, 11) is 0. The first-order chi connectivity index (χ1) is 8.22. The van der Waals surface area contributed by atoms with E-state index in [9.17, 15) is 9.90 Å². The fraction of sp³-hybridized carbons (Fsp3) is 0.231. The largest absolute Gasteiger partial charge is 0.510 e. The van der Waals surface area contributed by atoms with Crippen molar-refractivity contribution in [2.24, 2.45) is 5.92 Å². The Balaban J connectivity index is 2.14. The van der Waals surface area contributed by atoms with Gasteiger partial charge in [-0.3, -0.25) is 4.79 Å². The zero-order valence-corrected chi connectivity index (χ0v) is 9.18. The molecule has 1 aliphatic rings. The highest BCUT2D eigenvalue weighted by Gasteiger charge is 2.30. The van der Waals surface area contributed by atoms with Gasteiger partial charge in [0.2, 0.25) is 0 Å². The molecule has 0 radical (unpaired) electrons. The summed E-state index contributed by atoms with van der Waals surface area (Å²) in [5.41, 5.74) is 0.421. The average molecular weight is 228 g/mol. The van der Waals surface area contributed by atoms with Gasteiger partial charge in [-0.25, -0.2) is 0 Å². The van der Waals surface area contributed by atoms with Crippen molar-refractivity contribution in [2.75, 3.05) is 5.32 Å². The van der Waals surface area contributed by atoms with E-state index in [2.05, 4.69) is 5.32 Å². The number of aliphatic hydroxyl groups excluding tert-OH is 1. The van der Waals surface area contributed by atoms with Crippen LogP contribution in [0.5, 0.6) is 0 Å². The van der Waals surface area contributed by atoms with E-state index in [4.69, 9.17) is 5.26 Å². The molecule has 0 aromatic heterocycles. The number of allylic oxidation sites excluding steroid dienone is 1. The second-order valence-electron chi connectivity index (χ2n) is 3.97. The van der Waals surface area contributed by atoms with Gasteiger partial charge in [-0.15, -0.1) is 0 Å². The first kappa shape index (κ1) is 11.2. The number of para-hydroxylation sites is 1. The Morgan fingerprint density at radius 2 is 2.00 bits per heavy atom. The number of carbonyl (C=O) groups is 1. The highest BCUT2D eigenvalue weighted by molar-refractivity contribution is 6.06. The average Bonchev–Trinajstić information content (AvgIpc) is 3.15. The molecule has 0 atom stereocenters. The van der Waals surface area contributed by atoms with Crippen LogP contribution in [0.4, 0.5) is 5.69 Å². The van der Waals surface area contributed by atoms with Crippen LogP contribution >= 0.6 is 0 Å². The van der Waals surface area contributed by atoms with Gasteiger partial charge >= 0.3 is 0 Å². The Kier molecular flexibility index (Phi) is 3.10. The number of hydrogen-bond donors (Lipinski definition) is 2. The number of benzene rings is 1. The summed E-state index contributed by atoms with van der Waals surface area (Å²) in [5.74, 6) is -0.643. The van der Waals surface area contributed by atoms with Gasteiger partial charge in [0.15, 0.2) is 5.57 Å². The van der Waals surface area contributed by atoms with Crippen LogP contribution in [0.15, 0.2) is 41.7 Å². The van der Waals surface area contributed by atoms with Gasteiger partial charge in [-0.2, -0.15) is 5.26 Å². The van der Waals surface area contributed by atoms with Crippen molar-refractivity contribution in [3.8, 4) is 6.07 Å². The monoisotopic (exact) mass is 228 g/mol. The van der Waals surface area contributed by atoms with Crippen LogP contribution in [0.2, 0.25) is 0 Å². The number of hydrogen-bond acceptors (Lipinski definition) is 3. The maximum Gasteiger partial charge on any atom is 0.269 e. The molecule has 1 aromatic rings. The number of amides is 1. The summed E-state index contributed by atoms with van der Waals surface area (Å²) in [6.07, 6.45) is 1.69. The summed E-state index contributed by atoms with van der Waals surface area (Å²) < 4.78 is 0. The number of aliphatic hydroxyl groups is 1. The first-order valence-electron chi connectivity index (χ1n) is 5.42. The van der Waals surface area contributed by atoms with Crippen molar-refractivity contribution in [3.63, 3.8) is 0 Å². The molecule has 0 heterocycles. The molecule has 1 fully saturated rings. The lowest BCUT2D eigenvalue weighted by Crippen LogP contribution is -2.15. The standard InChI is InChI=1S/C13H12N2O2/c14-8-11(12(16)9-6-7-9)13(17)15-10-4-2-1-3-5-10/h1-5,9,16H,6-7H2,(H,15,17)/b12-11-. The zero-order chi connectivity index (χ0) is 12.3. The Labute approximate surface area is 99.2 Å². The topological polar surface area (TPSA) is 73.1 Å². The van der Waals surface area contributed by atoms with Crippen molar-refractivity contribution in [1.29, 1.82) is 5.26 Å². The number of rotatable bonds is 3. The maximum absolute atomic E-state index is 11.8. The van der Waals surface area contributed by atoms with E-state index in [1.807, 2.05) is 6.07 Å². The normalized spacial score (nSPS) is 15.7. The van der Waals surface area contributed by atoms with E-state index < -0.39 is 5.91 Å². The number of nitriles is 1. The second kappa shape index (κ2) is 4.71. The smallest absolute Gasteiger partial charge is 0.269 e. The molecular formula is C13H12N2O2. The molecule has 0 spiro atoms. The highest BCUT2D eigenvalue weighted by Crippen LogP contribution is 2.36. The number of carbonyl (C=O) groups excluding carboxylic acids is 1. The van der Waals surface area contributed by atoms with Crippen molar-refractivity contribution >= 4 is 11.6 Å². The van der Waals surface area contributed by atoms with Crippen molar-refractivity contribution < 1.29 is 9.90 Å². The molecule has 1 saturated carbocycles. The molecule has 2 rings (SSSR count). The number of anilines is 1. The van der Waals surface area contributed by atoms with Gasteiger partial charge in [0.25, 0.3) is 5.91 Å². The molecule has 0 bridgehead atoms.